The predicted octanol–water partition coefficient (Wildman–Crippen LogP) is 6.67. The summed E-state index contributed by atoms with van der Waals surface area (Å²) < 4.78 is 25.5. The quantitative estimate of drug-likeness (QED) is 0.156. The van der Waals surface area contributed by atoms with Crippen LogP contribution < -0.4 is 15.5 Å². The van der Waals surface area contributed by atoms with Gasteiger partial charge in [-0.25, -0.2) is 18.9 Å². The largest absolute Gasteiger partial charge is 0.374 e. The summed E-state index contributed by atoms with van der Waals surface area (Å²) >= 11 is 0. The third-order valence-corrected chi connectivity index (χ3v) is 14.4. The molecule has 1 saturated carbocycles. The molecule has 64 heavy (non-hydrogen) atoms. The molecule has 0 bridgehead atoms. The Morgan fingerprint density at radius 3 is 2.47 bits per heavy atom. The van der Waals surface area contributed by atoms with Crippen molar-refractivity contribution in [2.45, 2.75) is 100 Å². The minimum Gasteiger partial charge on any atom is -0.374 e. The van der Waals surface area contributed by atoms with Crippen LogP contribution in [0.4, 0.5) is 15.9 Å². The molecule has 3 saturated heterocycles. The van der Waals surface area contributed by atoms with Gasteiger partial charge in [-0.2, -0.15) is 15.5 Å². The Kier molecular flexibility index (Phi) is 10.4. The van der Waals surface area contributed by atoms with Gasteiger partial charge in [-0.15, -0.1) is 0 Å². The third-order valence-electron chi connectivity index (χ3n) is 14.4. The van der Waals surface area contributed by atoms with Crippen molar-refractivity contribution in [3.63, 3.8) is 0 Å². The number of imide groups is 1. The normalized spacial score (nSPS) is 22.7. The highest BCUT2D eigenvalue weighted by molar-refractivity contribution is 6.01. The summed E-state index contributed by atoms with van der Waals surface area (Å²) in [7, 11) is 0. The zero-order valence-electron chi connectivity index (χ0n) is 35.5. The molecule has 4 fully saturated rings. The van der Waals surface area contributed by atoms with Gasteiger partial charge in [0.05, 0.1) is 48.3 Å². The van der Waals surface area contributed by atoms with Crippen LogP contribution in [0.15, 0.2) is 79.6 Å². The van der Waals surface area contributed by atoms with Crippen molar-refractivity contribution in [1.82, 2.24) is 44.6 Å². The van der Waals surface area contributed by atoms with E-state index in [1.165, 1.54) is 11.6 Å². The van der Waals surface area contributed by atoms with Crippen LogP contribution in [-0.2, 0) is 26.5 Å². The minimum absolute atomic E-state index is 0.148. The van der Waals surface area contributed by atoms with E-state index in [0.717, 1.165) is 106 Å². The van der Waals surface area contributed by atoms with Crippen molar-refractivity contribution in [1.29, 1.82) is 5.26 Å². The van der Waals surface area contributed by atoms with Crippen LogP contribution in [0.25, 0.3) is 28.0 Å². The maximum Gasteiger partial charge on any atom is 0.249 e. The van der Waals surface area contributed by atoms with E-state index >= 15 is 4.39 Å². The van der Waals surface area contributed by atoms with Crippen molar-refractivity contribution in [2.24, 2.45) is 0 Å². The maximum atomic E-state index is 15.4. The van der Waals surface area contributed by atoms with E-state index in [0.29, 0.717) is 47.2 Å². The number of nitrogens with one attached hydrogen (secondary N) is 2. The highest BCUT2D eigenvalue weighted by Gasteiger charge is 2.44. The number of likely N-dealkylation sites (tertiary alicyclic amines) is 1. The fourth-order valence-corrected chi connectivity index (χ4v) is 10.8. The molecule has 1 atom stereocenters. The summed E-state index contributed by atoms with van der Waals surface area (Å²) in [5.74, 6) is 0.141. The first-order valence-electron chi connectivity index (χ1n) is 22.6. The number of benzene rings is 1. The van der Waals surface area contributed by atoms with Gasteiger partial charge in [0.15, 0.2) is 0 Å². The zero-order chi connectivity index (χ0) is 43.4. The second-order valence-electron chi connectivity index (χ2n) is 18.0. The number of anilines is 2. The van der Waals surface area contributed by atoms with E-state index in [4.69, 9.17) is 19.8 Å². The summed E-state index contributed by atoms with van der Waals surface area (Å²) in [6.45, 7) is 4.08. The molecule has 0 radical (unpaired) electrons. The molecular formula is C48H49FN12O3. The van der Waals surface area contributed by atoms with E-state index in [-0.39, 0.29) is 41.6 Å². The van der Waals surface area contributed by atoms with Crippen molar-refractivity contribution in [2.75, 3.05) is 36.4 Å². The Morgan fingerprint density at radius 2 is 1.70 bits per heavy atom. The minimum atomic E-state index is -0.544. The number of carbonyl (C=O) groups excluding carboxylic acids is 2. The number of nitrogens with zero attached hydrogens (tertiary/aromatic N) is 10. The van der Waals surface area contributed by atoms with Gasteiger partial charge in [-0.05, 0) is 113 Å². The van der Waals surface area contributed by atoms with Crippen LogP contribution in [0.5, 0.6) is 0 Å². The number of amides is 2. The Bertz CT molecular complexity index is 2770. The molecule has 326 valence electrons. The molecule has 0 unspecified atom stereocenters. The lowest BCUT2D eigenvalue weighted by Gasteiger charge is -2.41. The summed E-state index contributed by atoms with van der Waals surface area (Å²) in [5.41, 5.74) is 7.34. The van der Waals surface area contributed by atoms with Gasteiger partial charge in [0.1, 0.15) is 40.4 Å². The van der Waals surface area contributed by atoms with Crippen LogP contribution in [-0.4, -0.2) is 89.3 Å². The number of rotatable bonds is 8. The lowest BCUT2D eigenvalue weighted by Crippen LogP contribution is -2.47. The number of hydrogen-bond acceptors (Lipinski definition) is 12. The average Bonchev–Trinajstić information content (AvgIpc) is 4.09. The first-order valence-corrected chi connectivity index (χ1v) is 22.6. The van der Waals surface area contributed by atoms with Gasteiger partial charge in [0.25, 0.3) is 0 Å². The maximum absolute atomic E-state index is 15.4. The summed E-state index contributed by atoms with van der Waals surface area (Å²) in [5, 5.41) is 24.8. The van der Waals surface area contributed by atoms with Crippen molar-refractivity contribution in [3.8, 4) is 28.6 Å². The number of pyridine rings is 2. The number of carbonyl (C=O) groups is 2. The lowest BCUT2D eigenvalue weighted by atomic mass is 9.85. The SMILES string of the molecule is N#Cc1cnn2cc(-c3cnn([C@H]4CC[C@H](N5CCC(c6ccc(N[C@@H]7CCC(=O)NC7=O)cc6F)CC5)CC4)c3)nc(-c3ccc(N4CCC5(CC4)OCc4cccnc45)nc3)c12. The van der Waals surface area contributed by atoms with Crippen LogP contribution in [0.2, 0.25) is 0 Å². The van der Waals surface area contributed by atoms with Crippen LogP contribution >= 0.6 is 0 Å². The molecule has 16 heteroatoms. The fourth-order valence-electron chi connectivity index (χ4n) is 10.8. The molecule has 1 aliphatic carbocycles. The monoisotopic (exact) mass is 860 g/mol. The third kappa shape index (κ3) is 7.45. The highest BCUT2D eigenvalue weighted by atomic mass is 19.1. The Labute approximate surface area is 369 Å². The Hall–Kier alpha value is -6.57. The van der Waals surface area contributed by atoms with Crippen molar-refractivity contribution >= 4 is 28.8 Å². The lowest BCUT2D eigenvalue weighted by molar-refractivity contribution is -0.133. The van der Waals surface area contributed by atoms with Crippen LogP contribution in [0.3, 0.4) is 0 Å². The number of piperidine rings is 3. The van der Waals surface area contributed by atoms with Gasteiger partial charge in [0, 0.05) is 66.5 Å². The standard InChI is InChI=1S/C48H49FN12O3/c49-39-22-35(55-40-10-12-43(62)57-47(40)63)4-9-38(39)30-13-18-58(19-14-30)36-5-7-37(8-6-36)60-27-34(26-53-60)41-28-61-45(33(23-50)25-54-61)44(56-41)31-3-11-42(52-24-31)59-20-15-48(16-21-59)46-32(29-64-48)2-1-17-51-46/h1-4,9,11,17,22,24-28,30,36-37,40,55H,5-8,10,12-16,18-21,29H2,(H,57,62,63)/t36-,37-,40-/m1/s1. The fraction of sp³-hybridized carbons (Fsp3) is 0.417. The number of hydrogen-bond donors (Lipinski definition) is 2. The Balaban J connectivity index is 0.719. The Morgan fingerprint density at radius 1 is 0.875 bits per heavy atom. The van der Waals surface area contributed by atoms with E-state index in [1.54, 1.807) is 10.7 Å². The molecule has 11 rings (SSSR count). The number of halogens is 1. The predicted molar refractivity (Wildman–Crippen MR) is 235 cm³/mol. The van der Waals surface area contributed by atoms with Gasteiger partial charge in [0.2, 0.25) is 11.8 Å². The number of aromatic nitrogens is 7. The van der Waals surface area contributed by atoms with Crippen molar-refractivity contribution < 1.29 is 18.7 Å². The summed E-state index contributed by atoms with van der Waals surface area (Å²) in [6.07, 6.45) is 19.4. The molecule has 4 aliphatic heterocycles. The second kappa shape index (κ2) is 16.5. The topological polar surface area (TPSA) is 171 Å². The molecule has 2 N–H and O–H groups in total. The van der Waals surface area contributed by atoms with E-state index in [2.05, 4.69) is 53.5 Å². The molecule has 5 aliphatic rings. The van der Waals surface area contributed by atoms with E-state index < -0.39 is 6.04 Å². The molecule has 6 aromatic rings. The van der Waals surface area contributed by atoms with Crippen LogP contribution in [0.1, 0.15) is 98.6 Å². The molecule has 2 amide bonds. The molecule has 1 aromatic carbocycles. The smallest absolute Gasteiger partial charge is 0.249 e. The van der Waals surface area contributed by atoms with Gasteiger partial charge >= 0.3 is 0 Å². The molecular weight excluding hydrogens is 812 g/mol. The first-order chi connectivity index (χ1) is 31.3. The molecule has 15 nitrogen and oxygen atoms in total. The van der Waals surface area contributed by atoms with E-state index in [1.807, 2.05) is 55.1 Å². The van der Waals surface area contributed by atoms with Crippen LogP contribution in [0, 0.1) is 17.1 Å². The van der Waals surface area contributed by atoms with E-state index in [9.17, 15) is 14.9 Å². The van der Waals surface area contributed by atoms with Crippen molar-refractivity contribution in [3.05, 3.63) is 108 Å². The molecule has 9 heterocycles. The average molecular weight is 861 g/mol. The number of nitriles is 1. The molecule has 5 aromatic heterocycles. The van der Waals surface area contributed by atoms with Gasteiger partial charge in [-0.1, -0.05) is 12.1 Å². The number of ether oxygens (including phenoxy) is 1. The summed E-state index contributed by atoms with van der Waals surface area (Å²) in [4.78, 5) is 43.3. The second-order valence-corrected chi connectivity index (χ2v) is 18.0. The van der Waals surface area contributed by atoms with Gasteiger partial charge in [-0.3, -0.25) is 24.6 Å². The first kappa shape index (κ1) is 40.2. The molecule has 1 spiro atoms. The number of fused-ring (bicyclic) bond motifs is 3. The highest BCUT2D eigenvalue weighted by Crippen LogP contribution is 2.44. The summed E-state index contributed by atoms with van der Waals surface area (Å²) in [6, 6.07) is 15.8. The van der Waals surface area contributed by atoms with Gasteiger partial charge < -0.3 is 19.9 Å². The zero-order valence-corrected chi connectivity index (χ0v) is 35.5.